The minimum Gasteiger partial charge on any atom is -0.458 e. The molecular formula is C24H23ClN2O2. The molecule has 0 fully saturated rings. The van der Waals surface area contributed by atoms with Gasteiger partial charge in [0.05, 0.1) is 17.8 Å². The molecule has 29 heavy (non-hydrogen) atoms. The number of H-pyrrole nitrogens is 1. The van der Waals surface area contributed by atoms with Crippen molar-refractivity contribution >= 4 is 39.4 Å². The van der Waals surface area contributed by atoms with E-state index < -0.39 is 0 Å². The standard InChI is InChI=1S/C24H23ClN2O2/c1-4-17-22-20(13-26-23(17)24(28)29-14(2)3)27-19-11-7-9-16(21(19)22)12-15-8-5-6-10-18(15)25/h5-11,13-14,27H,4,12H2,1-3H3. The zero-order chi connectivity index (χ0) is 20.5. The summed E-state index contributed by atoms with van der Waals surface area (Å²) in [5.41, 5.74) is 5.47. The molecule has 4 rings (SSSR count). The highest BCUT2D eigenvalue weighted by Gasteiger charge is 2.21. The van der Waals surface area contributed by atoms with Crippen LogP contribution in [-0.2, 0) is 17.6 Å². The average molecular weight is 407 g/mol. The minimum absolute atomic E-state index is 0.191. The highest BCUT2D eigenvalue weighted by molar-refractivity contribution is 6.31. The van der Waals surface area contributed by atoms with Gasteiger partial charge < -0.3 is 9.72 Å². The van der Waals surface area contributed by atoms with E-state index in [9.17, 15) is 4.79 Å². The Kier molecular flexibility index (Phi) is 5.29. The number of halogens is 1. The van der Waals surface area contributed by atoms with E-state index in [2.05, 4.69) is 22.1 Å². The van der Waals surface area contributed by atoms with Crippen LogP contribution in [0.5, 0.6) is 0 Å². The average Bonchev–Trinajstić information content (AvgIpc) is 3.08. The van der Waals surface area contributed by atoms with Crippen LogP contribution in [0.2, 0.25) is 5.02 Å². The summed E-state index contributed by atoms with van der Waals surface area (Å²) in [7, 11) is 0. The van der Waals surface area contributed by atoms with Crippen molar-refractivity contribution < 1.29 is 9.53 Å². The van der Waals surface area contributed by atoms with Crippen molar-refractivity contribution in [2.45, 2.75) is 39.7 Å². The maximum atomic E-state index is 12.6. The summed E-state index contributed by atoms with van der Waals surface area (Å²) >= 11 is 6.41. The van der Waals surface area contributed by atoms with E-state index in [0.29, 0.717) is 18.5 Å². The number of carbonyl (C=O) groups excluding carboxylic acids is 1. The van der Waals surface area contributed by atoms with E-state index in [-0.39, 0.29) is 12.1 Å². The van der Waals surface area contributed by atoms with Crippen molar-refractivity contribution in [2.75, 3.05) is 0 Å². The first-order valence-corrected chi connectivity index (χ1v) is 10.2. The monoisotopic (exact) mass is 406 g/mol. The van der Waals surface area contributed by atoms with Crippen molar-refractivity contribution in [2.24, 2.45) is 0 Å². The molecule has 0 saturated heterocycles. The summed E-state index contributed by atoms with van der Waals surface area (Å²) in [6.45, 7) is 5.73. The van der Waals surface area contributed by atoms with E-state index in [0.717, 1.165) is 43.5 Å². The lowest BCUT2D eigenvalue weighted by molar-refractivity contribution is 0.0370. The number of fused-ring (bicyclic) bond motifs is 3. The number of nitrogens with zero attached hydrogens (tertiary/aromatic N) is 1. The lowest BCUT2D eigenvalue weighted by atomic mass is 9.96. The normalized spacial score (nSPS) is 11.5. The Balaban J connectivity index is 1.95. The number of hydrogen-bond acceptors (Lipinski definition) is 3. The molecule has 0 saturated carbocycles. The number of esters is 1. The summed E-state index contributed by atoms with van der Waals surface area (Å²) in [6.07, 6.45) is 2.93. The van der Waals surface area contributed by atoms with E-state index >= 15 is 0 Å². The van der Waals surface area contributed by atoms with Crippen molar-refractivity contribution in [3.05, 3.63) is 76.1 Å². The predicted octanol–water partition coefficient (Wildman–Crippen LogP) is 6.09. The molecule has 1 N–H and O–H groups in total. The zero-order valence-corrected chi connectivity index (χ0v) is 17.5. The Morgan fingerprint density at radius 2 is 1.83 bits per heavy atom. The molecule has 5 heteroatoms. The van der Waals surface area contributed by atoms with Gasteiger partial charge in [-0.25, -0.2) is 9.78 Å². The third-order valence-corrected chi connectivity index (χ3v) is 5.45. The molecule has 2 aromatic heterocycles. The van der Waals surface area contributed by atoms with Crippen LogP contribution in [0.3, 0.4) is 0 Å². The second-order valence-corrected chi connectivity index (χ2v) is 7.82. The molecule has 0 radical (unpaired) electrons. The number of aromatic amines is 1. The van der Waals surface area contributed by atoms with Crippen LogP contribution in [-0.4, -0.2) is 22.0 Å². The number of nitrogens with one attached hydrogen (secondary N) is 1. The molecule has 4 nitrogen and oxygen atoms in total. The Morgan fingerprint density at radius 3 is 2.55 bits per heavy atom. The topological polar surface area (TPSA) is 55.0 Å². The fourth-order valence-electron chi connectivity index (χ4n) is 3.86. The Hall–Kier alpha value is -2.85. The molecule has 148 valence electrons. The van der Waals surface area contributed by atoms with Gasteiger partial charge in [0.1, 0.15) is 0 Å². The van der Waals surface area contributed by atoms with Crippen molar-refractivity contribution in [3.63, 3.8) is 0 Å². The second-order valence-electron chi connectivity index (χ2n) is 7.41. The fraction of sp³-hybridized carbons (Fsp3) is 0.250. The Labute approximate surface area is 174 Å². The maximum Gasteiger partial charge on any atom is 0.357 e. The summed E-state index contributed by atoms with van der Waals surface area (Å²) in [5, 5.41) is 2.90. The summed E-state index contributed by atoms with van der Waals surface area (Å²) in [5.74, 6) is -0.378. The van der Waals surface area contributed by atoms with Gasteiger partial charge >= 0.3 is 5.97 Å². The largest absolute Gasteiger partial charge is 0.458 e. The van der Waals surface area contributed by atoms with Gasteiger partial charge in [-0.15, -0.1) is 0 Å². The van der Waals surface area contributed by atoms with Crippen LogP contribution in [0.1, 0.15) is 48.0 Å². The first kappa shape index (κ1) is 19.5. The smallest absolute Gasteiger partial charge is 0.357 e. The molecule has 2 aromatic carbocycles. The lowest BCUT2D eigenvalue weighted by Gasteiger charge is -2.12. The summed E-state index contributed by atoms with van der Waals surface area (Å²) in [4.78, 5) is 20.5. The van der Waals surface area contributed by atoms with E-state index in [1.54, 1.807) is 6.20 Å². The molecule has 0 spiro atoms. The Morgan fingerprint density at radius 1 is 1.07 bits per heavy atom. The fourth-order valence-corrected chi connectivity index (χ4v) is 4.06. The van der Waals surface area contributed by atoms with Gasteiger partial charge in [-0.1, -0.05) is 48.9 Å². The third-order valence-electron chi connectivity index (χ3n) is 5.08. The number of pyridine rings is 1. The number of rotatable bonds is 5. The van der Waals surface area contributed by atoms with Gasteiger partial charge in [-0.2, -0.15) is 0 Å². The van der Waals surface area contributed by atoms with E-state index in [1.165, 1.54) is 0 Å². The number of ether oxygens (including phenoxy) is 1. The van der Waals surface area contributed by atoms with Crippen LogP contribution >= 0.6 is 11.6 Å². The summed E-state index contributed by atoms with van der Waals surface area (Å²) in [6, 6.07) is 14.1. The number of aryl methyl sites for hydroxylation is 1. The highest BCUT2D eigenvalue weighted by Crippen LogP contribution is 2.34. The lowest BCUT2D eigenvalue weighted by Crippen LogP contribution is -2.15. The Bertz CT molecular complexity index is 1210. The van der Waals surface area contributed by atoms with Crippen LogP contribution in [0, 0.1) is 0 Å². The predicted molar refractivity (Wildman–Crippen MR) is 118 cm³/mol. The molecule has 0 aliphatic rings. The molecule has 0 bridgehead atoms. The molecule has 0 unspecified atom stereocenters. The number of benzene rings is 2. The first-order valence-electron chi connectivity index (χ1n) is 9.85. The van der Waals surface area contributed by atoms with Crippen LogP contribution < -0.4 is 0 Å². The summed E-state index contributed by atoms with van der Waals surface area (Å²) < 4.78 is 5.43. The van der Waals surface area contributed by atoms with Crippen molar-refractivity contribution in [3.8, 4) is 0 Å². The quantitative estimate of drug-likeness (QED) is 0.408. The minimum atomic E-state index is -0.378. The molecular weight excluding hydrogens is 384 g/mol. The molecule has 0 amide bonds. The van der Waals surface area contributed by atoms with Gasteiger partial charge in [-0.3, -0.25) is 0 Å². The second kappa shape index (κ2) is 7.88. The first-order chi connectivity index (χ1) is 14.0. The van der Waals surface area contributed by atoms with Gasteiger partial charge in [-0.05, 0) is 55.5 Å². The molecule has 0 aliphatic heterocycles. The number of carbonyl (C=O) groups is 1. The maximum absolute atomic E-state index is 12.6. The van der Waals surface area contributed by atoms with Gasteiger partial charge in [0.25, 0.3) is 0 Å². The van der Waals surface area contributed by atoms with Crippen LogP contribution in [0.25, 0.3) is 21.8 Å². The molecule has 0 aliphatic carbocycles. The SMILES string of the molecule is CCc1c(C(=O)OC(C)C)ncc2[nH]c3cccc(Cc4ccccc4Cl)c3c12. The number of aromatic nitrogens is 2. The van der Waals surface area contributed by atoms with Gasteiger partial charge in [0.15, 0.2) is 5.69 Å². The molecule has 2 heterocycles. The molecule has 4 aromatic rings. The van der Waals surface area contributed by atoms with Crippen molar-refractivity contribution in [1.82, 2.24) is 9.97 Å². The third kappa shape index (κ3) is 3.60. The zero-order valence-electron chi connectivity index (χ0n) is 16.8. The van der Waals surface area contributed by atoms with Crippen LogP contribution in [0.15, 0.2) is 48.7 Å². The van der Waals surface area contributed by atoms with Crippen LogP contribution in [0.4, 0.5) is 0 Å². The van der Waals surface area contributed by atoms with Gasteiger partial charge in [0.2, 0.25) is 0 Å². The molecule has 0 atom stereocenters. The van der Waals surface area contributed by atoms with Crippen molar-refractivity contribution in [1.29, 1.82) is 0 Å². The van der Waals surface area contributed by atoms with E-state index in [4.69, 9.17) is 16.3 Å². The van der Waals surface area contributed by atoms with E-state index in [1.807, 2.05) is 51.1 Å². The highest BCUT2D eigenvalue weighted by atomic mass is 35.5. The van der Waals surface area contributed by atoms with Gasteiger partial charge in [0, 0.05) is 21.3 Å². The number of hydrogen-bond donors (Lipinski definition) is 1.